The van der Waals surface area contributed by atoms with Gasteiger partial charge in [-0.25, -0.2) is 0 Å². The summed E-state index contributed by atoms with van der Waals surface area (Å²) in [6.45, 7) is 12.6. The van der Waals surface area contributed by atoms with Crippen LogP contribution in [-0.2, 0) is 14.4 Å². The Labute approximate surface area is 146 Å². The van der Waals surface area contributed by atoms with Gasteiger partial charge in [0.15, 0.2) is 0 Å². The molecule has 6 nitrogen and oxygen atoms in total. The normalized spacial score (nSPS) is 18.5. The molecule has 2 N–H and O–H groups in total. The number of amides is 2. The summed E-state index contributed by atoms with van der Waals surface area (Å²) >= 11 is 0. The topological polar surface area (TPSA) is 86.7 Å². The zero-order chi connectivity index (χ0) is 20.4. The fourth-order valence-electron chi connectivity index (χ4n) is 1.85. The monoisotopic (exact) mass is 370 g/mol. The zero-order valence-corrected chi connectivity index (χ0v) is 15.6. The number of alkyl halides is 3. The smallest absolute Gasteiger partial charge is 0.471 e. The first kappa shape index (κ1) is 25.4. The van der Waals surface area contributed by atoms with Gasteiger partial charge in [-0.15, -0.1) is 0 Å². The van der Waals surface area contributed by atoms with Crippen LogP contribution in [0.25, 0.3) is 0 Å². The van der Waals surface area contributed by atoms with E-state index in [2.05, 4.69) is 20.8 Å². The van der Waals surface area contributed by atoms with Crippen molar-refractivity contribution in [3.05, 3.63) is 0 Å². The number of likely N-dealkylation sites (tertiary alicyclic amines) is 1. The molecule has 0 aromatic carbocycles. The van der Waals surface area contributed by atoms with Crippen LogP contribution in [-0.4, -0.2) is 54.1 Å². The van der Waals surface area contributed by atoms with E-state index in [4.69, 9.17) is 9.90 Å². The molecule has 0 bridgehead atoms. The van der Waals surface area contributed by atoms with Gasteiger partial charge in [-0.1, -0.05) is 41.5 Å². The summed E-state index contributed by atoms with van der Waals surface area (Å²) in [6.07, 6.45) is -4.95. The molecule has 0 aromatic rings. The maximum atomic E-state index is 11.9. The highest BCUT2D eigenvalue weighted by atomic mass is 19.4. The summed E-state index contributed by atoms with van der Waals surface area (Å²) < 4.78 is 35.8. The van der Waals surface area contributed by atoms with Crippen LogP contribution in [0.1, 0.15) is 41.5 Å². The Bertz CT molecular complexity index is 435. The second-order valence-electron chi connectivity index (χ2n) is 7.18. The molecular weight excluding hydrogens is 341 g/mol. The number of carbonyl (C=O) groups excluding carboxylic acids is 2. The maximum Gasteiger partial charge on any atom is 0.471 e. The minimum absolute atomic E-state index is 0.0519. The lowest BCUT2D eigenvalue weighted by Crippen LogP contribution is -2.44. The van der Waals surface area contributed by atoms with E-state index in [0.717, 1.165) is 5.92 Å². The summed E-state index contributed by atoms with van der Waals surface area (Å²) in [4.78, 5) is 32.1. The van der Waals surface area contributed by atoms with Gasteiger partial charge in [0.25, 0.3) is 6.47 Å². The highest BCUT2D eigenvalue weighted by Crippen LogP contribution is 2.34. The molecule has 0 saturated carbocycles. The average molecular weight is 370 g/mol. The van der Waals surface area contributed by atoms with E-state index in [1.807, 2.05) is 20.8 Å². The van der Waals surface area contributed by atoms with Gasteiger partial charge in [0, 0.05) is 13.1 Å². The van der Waals surface area contributed by atoms with Crippen molar-refractivity contribution < 1.29 is 32.7 Å². The molecule has 0 radical (unpaired) electrons. The summed E-state index contributed by atoms with van der Waals surface area (Å²) in [5.74, 6) is -1.45. The van der Waals surface area contributed by atoms with E-state index in [9.17, 15) is 22.8 Å². The second kappa shape index (κ2) is 10.9. The van der Waals surface area contributed by atoms with Gasteiger partial charge in [-0.05, 0) is 17.3 Å². The molecule has 9 heteroatoms. The Balaban J connectivity index is 0. The maximum absolute atomic E-state index is 11.9. The fraction of sp³-hybridized carbons (Fsp3) is 0.812. The number of halogens is 3. The van der Waals surface area contributed by atoms with Crippen LogP contribution in [0.4, 0.5) is 13.2 Å². The van der Waals surface area contributed by atoms with Crippen molar-refractivity contribution >= 4 is 18.3 Å². The molecule has 25 heavy (non-hydrogen) atoms. The molecule has 148 valence electrons. The zero-order valence-electron chi connectivity index (χ0n) is 15.6. The van der Waals surface area contributed by atoms with Gasteiger partial charge in [-0.2, -0.15) is 13.2 Å². The standard InChI is InChI=1S/C11H17F3N2O2.C4H10.CH2O2/c1-7-5-16(6-10(7,2)3)8(17)4-15-9(18)11(12,13)14;1-4(2)3;2-1-3/h7H,4-6H2,1-3H3,(H,15,18);4H,1-3H3;1H,(H,2,3)/t7-;;/m0../s1. The predicted octanol–water partition coefficient (Wildman–Crippen LogP) is 2.53. The lowest BCUT2D eigenvalue weighted by molar-refractivity contribution is -0.174. The van der Waals surface area contributed by atoms with Gasteiger partial charge in [0.1, 0.15) is 0 Å². The van der Waals surface area contributed by atoms with Crippen molar-refractivity contribution in [1.29, 1.82) is 0 Å². The van der Waals surface area contributed by atoms with Gasteiger partial charge in [-0.3, -0.25) is 14.4 Å². The first-order chi connectivity index (χ1) is 11.2. The molecule has 1 fully saturated rings. The van der Waals surface area contributed by atoms with Crippen molar-refractivity contribution in [2.75, 3.05) is 19.6 Å². The van der Waals surface area contributed by atoms with Gasteiger partial charge in [0.2, 0.25) is 5.91 Å². The summed E-state index contributed by atoms with van der Waals surface area (Å²) in [5.41, 5.74) is -0.0519. The summed E-state index contributed by atoms with van der Waals surface area (Å²) in [6, 6.07) is 0. The van der Waals surface area contributed by atoms with Gasteiger partial charge in [0.05, 0.1) is 6.54 Å². The van der Waals surface area contributed by atoms with Crippen LogP contribution in [0.2, 0.25) is 0 Å². The average Bonchev–Trinajstić information content (AvgIpc) is 2.69. The van der Waals surface area contributed by atoms with Crippen LogP contribution < -0.4 is 5.32 Å². The molecule has 0 spiro atoms. The van der Waals surface area contributed by atoms with Crippen LogP contribution >= 0.6 is 0 Å². The Morgan fingerprint density at radius 2 is 1.72 bits per heavy atom. The lowest BCUT2D eigenvalue weighted by atomic mass is 9.84. The molecule has 2 amide bonds. The minimum Gasteiger partial charge on any atom is -0.483 e. The number of nitrogens with one attached hydrogen (secondary N) is 1. The number of hydrogen-bond acceptors (Lipinski definition) is 3. The molecular formula is C16H29F3N2O4. The Hall–Kier alpha value is -1.80. The largest absolute Gasteiger partial charge is 0.483 e. The van der Waals surface area contributed by atoms with E-state index in [1.54, 1.807) is 5.32 Å². The third-order valence-electron chi connectivity index (χ3n) is 3.44. The highest BCUT2D eigenvalue weighted by Gasteiger charge is 2.41. The minimum atomic E-state index is -4.95. The van der Waals surface area contributed by atoms with Crippen molar-refractivity contribution in [2.24, 2.45) is 17.3 Å². The molecule has 1 rings (SSSR count). The van der Waals surface area contributed by atoms with E-state index < -0.39 is 24.5 Å². The van der Waals surface area contributed by atoms with Crippen molar-refractivity contribution in [3.8, 4) is 0 Å². The summed E-state index contributed by atoms with van der Waals surface area (Å²) in [5, 5.41) is 8.48. The molecule has 1 heterocycles. The van der Waals surface area contributed by atoms with Crippen molar-refractivity contribution in [3.63, 3.8) is 0 Å². The number of rotatable bonds is 2. The van der Waals surface area contributed by atoms with Crippen LogP contribution in [0.3, 0.4) is 0 Å². The molecule has 1 atom stereocenters. The lowest BCUT2D eigenvalue weighted by Gasteiger charge is -2.22. The Morgan fingerprint density at radius 3 is 2.00 bits per heavy atom. The molecule has 0 aliphatic carbocycles. The quantitative estimate of drug-likeness (QED) is 0.732. The Kier molecular flexibility index (Phi) is 11.1. The fourth-order valence-corrected chi connectivity index (χ4v) is 1.85. The predicted molar refractivity (Wildman–Crippen MR) is 87.8 cm³/mol. The number of hydrogen-bond donors (Lipinski definition) is 2. The van der Waals surface area contributed by atoms with Crippen LogP contribution in [0.15, 0.2) is 0 Å². The van der Waals surface area contributed by atoms with Crippen molar-refractivity contribution in [2.45, 2.75) is 47.7 Å². The molecule has 1 aliphatic rings. The number of carbonyl (C=O) groups is 3. The molecule has 0 aromatic heterocycles. The Morgan fingerprint density at radius 1 is 1.32 bits per heavy atom. The van der Waals surface area contributed by atoms with Gasteiger partial charge < -0.3 is 15.3 Å². The first-order valence-electron chi connectivity index (χ1n) is 7.89. The second-order valence-corrected chi connectivity index (χ2v) is 7.18. The van der Waals surface area contributed by atoms with E-state index in [0.29, 0.717) is 13.1 Å². The summed E-state index contributed by atoms with van der Waals surface area (Å²) in [7, 11) is 0. The van der Waals surface area contributed by atoms with Crippen molar-refractivity contribution in [1.82, 2.24) is 10.2 Å². The molecule has 0 unspecified atom stereocenters. The van der Waals surface area contributed by atoms with Crippen LogP contribution in [0, 0.1) is 17.3 Å². The van der Waals surface area contributed by atoms with E-state index >= 15 is 0 Å². The van der Waals surface area contributed by atoms with Gasteiger partial charge >= 0.3 is 12.1 Å². The highest BCUT2D eigenvalue weighted by molar-refractivity contribution is 5.87. The third kappa shape index (κ3) is 11.4. The van der Waals surface area contributed by atoms with E-state index in [1.165, 1.54) is 4.90 Å². The number of carboxylic acid groups (broad SMARTS) is 1. The van der Waals surface area contributed by atoms with E-state index in [-0.39, 0.29) is 17.8 Å². The van der Waals surface area contributed by atoms with Crippen LogP contribution in [0.5, 0.6) is 0 Å². The molecule has 1 aliphatic heterocycles. The first-order valence-corrected chi connectivity index (χ1v) is 7.89. The third-order valence-corrected chi connectivity index (χ3v) is 3.44. The number of nitrogens with zero attached hydrogens (tertiary/aromatic N) is 1. The SMILES string of the molecule is CC(C)C.C[C@H]1CN(C(=O)CNC(=O)C(F)(F)F)CC1(C)C.O=CO. The molecule has 1 saturated heterocycles.